The Bertz CT molecular complexity index is 4550. The zero-order valence-corrected chi connectivity index (χ0v) is 58.1. The van der Waals surface area contributed by atoms with Gasteiger partial charge in [-0.25, -0.2) is 29.1 Å². The van der Waals surface area contributed by atoms with Crippen LogP contribution in [0.25, 0.3) is 0 Å². The van der Waals surface area contributed by atoms with E-state index in [4.69, 9.17) is 10.7 Å². The Morgan fingerprint density at radius 2 is 0.762 bits per heavy atom. The van der Waals surface area contributed by atoms with Gasteiger partial charge in [0.05, 0.1) is 53.5 Å². The summed E-state index contributed by atoms with van der Waals surface area (Å²) in [6.07, 6.45) is 19.6. The van der Waals surface area contributed by atoms with Crippen LogP contribution in [-0.2, 0) is 30.7 Å². The van der Waals surface area contributed by atoms with E-state index in [9.17, 15) is 19.2 Å². The lowest BCUT2D eigenvalue weighted by atomic mass is 9.76. The Hall–Kier alpha value is -12.0. The summed E-state index contributed by atoms with van der Waals surface area (Å²) in [7, 11) is 0. The molecule has 4 amide bonds. The lowest BCUT2D eigenvalue weighted by Crippen LogP contribution is -2.57. The molecular weight excluding hydrogens is 1260 g/mol. The van der Waals surface area contributed by atoms with E-state index < -0.39 is 11.1 Å². The minimum atomic E-state index is -0.581. The van der Waals surface area contributed by atoms with Crippen molar-refractivity contribution in [1.29, 1.82) is 0 Å². The molecule has 0 fully saturated rings. The first-order valence-corrected chi connectivity index (χ1v) is 34.2. The van der Waals surface area contributed by atoms with Gasteiger partial charge in [-0.2, -0.15) is 0 Å². The van der Waals surface area contributed by atoms with E-state index in [0.29, 0.717) is 48.3 Å². The predicted molar refractivity (Wildman–Crippen MR) is 394 cm³/mol. The van der Waals surface area contributed by atoms with Crippen molar-refractivity contribution in [3.8, 4) is 0 Å². The van der Waals surface area contributed by atoms with Gasteiger partial charge in [0.15, 0.2) is 5.54 Å². The number of rotatable bonds is 19. The summed E-state index contributed by atoms with van der Waals surface area (Å²) in [5.41, 5.74) is 19.0. The summed E-state index contributed by atoms with van der Waals surface area (Å²) in [4.78, 5) is 72.1. The van der Waals surface area contributed by atoms with E-state index in [1.54, 1.807) is 73.6 Å². The van der Waals surface area contributed by atoms with Gasteiger partial charge in [-0.1, -0.05) is 206 Å². The number of carbonyl (C=O) groups is 4. The third-order valence-electron chi connectivity index (χ3n) is 18.3. The predicted octanol–water partition coefficient (Wildman–Crippen LogP) is 14.1. The summed E-state index contributed by atoms with van der Waals surface area (Å²) < 4.78 is 10.9. The molecule has 3 N–H and O–H groups in total. The van der Waals surface area contributed by atoms with E-state index in [2.05, 4.69) is 241 Å². The van der Waals surface area contributed by atoms with Crippen LogP contribution in [0.2, 0.25) is 0 Å². The molecule has 2 aliphatic heterocycles. The average Bonchev–Trinajstić information content (AvgIpc) is 1.70. The number of nitrogens with zero attached hydrogens (tertiary/aromatic N) is 11. The quantitative estimate of drug-likeness (QED) is 0.0450. The topological polar surface area (TPSA) is 192 Å². The molecule has 0 unspecified atom stereocenters. The van der Waals surface area contributed by atoms with Crippen LogP contribution in [0.4, 0.5) is 0 Å². The Kier molecular flexibility index (Phi) is 23.0. The summed E-state index contributed by atoms with van der Waals surface area (Å²) in [6, 6.07) is 77.8. The molecule has 0 saturated carbocycles. The fourth-order valence-electron chi connectivity index (χ4n) is 13.4. The maximum atomic E-state index is 12.8. The van der Waals surface area contributed by atoms with Gasteiger partial charge in [-0.3, -0.25) is 29.0 Å². The molecule has 2 aliphatic rings. The number of aromatic nitrogens is 10. The number of aryl methyl sites for hydroxylation is 9. The number of imide groups is 2. The lowest BCUT2D eigenvalue weighted by molar-refractivity contribution is -0.734. The van der Waals surface area contributed by atoms with E-state index in [1.807, 2.05) is 56.1 Å². The third kappa shape index (κ3) is 15.5. The van der Waals surface area contributed by atoms with E-state index in [-0.39, 0.29) is 23.6 Å². The number of imidazole rings is 5. The molecule has 8 aromatic carbocycles. The molecule has 101 heavy (non-hydrogen) atoms. The molecule has 0 saturated heterocycles. The van der Waals surface area contributed by atoms with Crippen LogP contribution < -0.4 is 10.3 Å². The number of hydrogen-bond acceptors (Lipinski definition) is 9. The van der Waals surface area contributed by atoms with Crippen molar-refractivity contribution in [2.45, 2.75) is 91.5 Å². The minimum Gasteiger partial charge on any atom is -0.349 e. The van der Waals surface area contributed by atoms with Gasteiger partial charge in [0.1, 0.15) is 23.3 Å². The van der Waals surface area contributed by atoms with Crippen LogP contribution in [-0.4, -0.2) is 96.3 Å². The summed E-state index contributed by atoms with van der Waals surface area (Å²) in [6.45, 7) is 16.2. The van der Waals surface area contributed by atoms with Gasteiger partial charge >= 0.3 is 0 Å². The summed E-state index contributed by atoms with van der Waals surface area (Å²) in [5, 5.41) is 0. The van der Waals surface area contributed by atoms with Crippen molar-refractivity contribution in [3.63, 3.8) is 0 Å². The third-order valence-corrected chi connectivity index (χ3v) is 18.3. The molecule has 0 atom stereocenters. The van der Waals surface area contributed by atoms with Crippen LogP contribution >= 0.6 is 0 Å². The Morgan fingerprint density at radius 1 is 0.406 bits per heavy atom. The second-order valence-electron chi connectivity index (χ2n) is 25.1. The SMILES string of the molecule is Cc1c[n+](C(c2ccccc2)(c2ccccc2)c2ccccc2)cn1CCCN1C(=O)c2ccccc2C1=O.Cc1cn(C(c2ccccc2)(c2ccccc2)c2ccccc2)c(C)n1.Cc1cnc[nH]1.Cc1cncn1CCCN.Cc1cncn1CCCN1C(=O)c2ccccc2C1=O. The number of carbonyl (C=O) groups excluding carboxylic acids is 4. The first kappa shape index (κ1) is 70.4. The maximum absolute atomic E-state index is 12.8. The van der Waals surface area contributed by atoms with Crippen LogP contribution in [0.1, 0.15) is 128 Å². The number of hydrogen-bond donors (Lipinski definition) is 2. The molecule has 17 nitrogen and oxygen atoms in total. The summed E-state index contributed by atoms with van der Waals surface area (Å²) in [5.74, 6) is 0.220. The standard InChI is InChI=1S/C34H30N3O2.C24H22N2.C15H15N3O2.C7H13N3.C4H6N2/c1-26-24-36(25-35(26)22-13-23-37-32(38)30-20-11-12-21-31(30)33(37)39)34(27-14-5-2-6-15-27,28-16-7-3-8-17-28)29-18-9-4-10-19-29;1-19-18-26(20(2)25-19)24(21-12-6-3-7-13-21,22-14-8-4-9-15-22)23-16-10-5-11-17-23;1-11-9-16-10-17(11)7-4-8-18-14(19)12-5-2-3-6-13(12)15(18)20;1-7-5-9-6-10(7)4-2-3-8;1-4-2-5-3-6-4/h2-12,14-21,24-25H,13,22-23H2,1H3;3-18H,1-2H3;2-3,5-6,9-10H,4,7-8H2,1H3;5-6H,2-4,8H2,1H3;2-3H,1H3,(H,5,6)/q+1;;;;. The Balaban J connectivity index is 0.000000143. The van der Waals surface area contributed by atoms with E-state index in [0.717, 1.165) is 77.8 Å². The molecule has 13 aromatic rings. The van der Waals surface area contributed by atoms with Gasteiger partial charge in [-0.05, 0) is 95.0 Å². The van der Waals surface area contributed by atoms with Crippen LogP contribution in [0.5, 0.6) is 0 Å². The van der Waals surface area contributed by atoms with Crippen LogP contribution in [0, 0.1) is 41.5 Å². The molecule has 0 bridgehead atoms. The Morgan fingerprint density at radius 3 is 1.07 bits per heavy atom. The van der Waals surface area contributed by atoms with Crippen molar-refractivity contribution in [2.24, 2.45) is 5.73 Å². The first-order chi connectivity index (χ1) is 49.2. The average molecular weight is 1340 g/mol. The number of fused-ring (bicyclic) bond motifs is 2. The highest BCUT2D eigenvalue weighted by Gasteiger charge is 2.44. The zero-order chi connectivity index (χ0) is 70.7. The fourth-order valence-corrected chi connectivity index (χ4v) is 13.4. The number of H-pyrrole nitrogens is 1. The van der Waals surface area contributed by atoms with E-state index in [1.165, 1.54) is 32.2 Å². The Labute approximate surface area is 590 Å². The van der Waals surface area contributed by atoms with Crippen LogP contribution in [0.3, 0.4) is 0 Å². The van der Waals surface area contributed by atoms with Crippen molar-refractivity contribution in [1.82, 2.24) is 53.0 Å². The molecule has 7 heterocycles. The number of nitrogens with two attached hydrogens (primary N) is 1. The zero-order valence-electron chi connectivity index (χ0n) is 58.1. The van der Waals surface area contributed by atoms with Crippen molar-refractivity contribution in [3.05, 3.63) is 377 Å². The van der Waals surface area contributed by atoms with Crippen molar-refractivity contribution in [2.75, 3.05) is 19.6 Å². The molecule has 0 spiro atoms. The molecular formula is C84H86N13O4+. The molecule has 510 valence electrons. The fraction of sp³-hybridized carbons (Fsp3) is 0.202. The highest BCUT2D eigenvalue weighted by Crippen LogP contribution is 2.42. The molecule has 0 aliphatic carbocycles. The first-order valence-electron chi connectivity index (χ1n) is 34.2. The smallest absolute Gasteiger partial charge is 0.261 e. The molecule has 5 aromatic heterocycles. The lowest BCUT2D eigenvalue weighted by Gasteiger charge is -2.38. The van der Waals surface area contributed by atoms with Crippen molar-refractivity contribution >= 4 is 23.6 Å². The van der Waals surface area contributed by atoms with Gasteiger partial charge in [0.2, 0.25) is 6.33 Å². The van der Waals surface area contributed by atoms with Gasteiger partial charge < -0.3 is 24.4 Å². The molecule has 17 heteroatoms. The highest BCUT2D eigenvalue weighted by atomic mass is 16.2. The van der Waals surface area contributed by atoms with Gasteiger partial charge in [0, 0.05) is 98.1 Å². The molecule has 15 rings (SSSR count). The van der Waals surface area contributed by atoms with Crippen molar-refractivity contribution < 1.29 is 23.7 Å². The molecule has 0 radical (unpaired) electrons. The second-order valence-corrected chi connectivity index (χ2v) is 25.1. The van der Waals surface area contributed by atoms with E-state index >= 15 is 0 Å². The minimum absolute atomic E-state index is 0.187. The van der Waals surface area contributed by atoms with Gasteiger partial charge in [-0.15, -0.1) is 0 Å². The van der Waals surface area contributed by atoms with Gasteiger partial charge in [0.25, 0.3) is 23.6 Å². The largest absolute Gasteiger partial charge is 0.349 e. The summed E-state index contributed by atoms with van der Waals surface area (Å²) >= 11 is 0. The second kappa shape index (κ2) is 33.1. The highest BCUT2D eigenvalue weighted by molar-refractivity contribution is 6.22. The number of amides is 4. The maximum Gasteiger partial charge on any atom is 0.261 e. The monoisotopic (exact) mass is 1340 g/mol. The normalized spacial score (nSPS) is 12.3. The number of benzene rings is 8. The number of nitrogens with one attached hydrogen (secondary N) is 1. The number of aromatic amines is 1. The van der Waals surface area contributed by atoms with Crippen LogP contribution in [0.15, 0.2) is 287 Å².